The van der Waals surface area contributed by atoms with Gasteiger partial charge in [-0.15, -0.1) is 0 Å². The van der Waals surface area contributed by atoms with Crippen LogP contribution in [-0.4, -0.2) is 68.2 Å². The van der Waals surface area contributed by atoms with E-state index in [9.17, 15) is 4.79 Å². The summed E-state index contributed by atoms with van der Waals surface area (Å²) in [5, 5.41) is 5.42. The summed E-state index contributed by atoms with van der Waals surface area (Å²) < 4.78 is 1.99. The molecule has 3 aromatic heterocycles. The predicted molar refractivity (Wildman–Crippen MR) is 115 cm³/mol. The maximum Gasteiger partial charge on any atom is 0.320 e. The normalized spacial score (nSPS) is 14.7. The molecule has 0 atom stereocenters. The van der Waals surface area contributed by atoms with E-state index in [4.69, 9.17) is 4.98 Å². The lowest BCUT2D eigenvalue weighted by Gasteiger charge is -2.36. The number of urea groups is 1. The Morgan fingerprint density at radius 2 is 2.03 bits per heavy atom. The molecule has 1 aliphatic rings. The number of H-pyrrole nitrogens is 1. The number of piperazine rings is 1. The molecule has 1 aliphatic heterocycles. The van der Waals surface area contributed by atoms with Crippen molar-refractivity contribution in [3.8, 4) is 11.5 Å². The molecule has 0 radical (unpaired) electrons. The number of aromatic nitrogens is 5. The standard InChI is InChI=1S/C20H27N9O/c1-3-21-20(30)26-18-12-28(13-24-18)14-27-8-10-29(11-9-27)17-5-4-16(25-15(17)2)19-22-6-7-23-19/h4-7,12-13H,3,8-11,14H2,1-2H3,(H,22,23)(H2,21,26,30). The third kappa shape index (κ3) is 4.60. The van der Waals surface area contributed by atoms with Gasteiger partial charge in [-0.25, -0.2) is 19.7 Å². The third-order valence-corrected chi connectivity index (χ3v) is 5.09. The van der Waals surface area contributed by atoms with E-state index in [1.165, 1.54) is 5.69 Å². The molecular formula is C20H27N9O. The van der Waals surface area contributed by atoms with Crippen molar-refractivity contribution < 1.29 is 4.79 Å². The van der Waals surface area contributed by atoms with E-state index < -0.39 is 0 Å². The smallest absolute Gasteiger partial charge is 0.320 e. The van der Waals surface area contributed by atoms with Gasteiger partial charge in [-0.1, -0.05) is 0 Å². The molecule has 3 aromatic rings. The Morgan fingerprint density at radius 1 is 1.20 bits per heavy atom. The third-order valence-electron chi connectivity index (χ3n) is 5.09. The molecule has 0 spiro atoms. The molecular weight excluding hydrogens is 382 g/mol. The summed E-state index contributed by atoms with van der Waals surface area (Å²) in [5.74, 6) is 1.34. The van der Waals surface area contributed by atoms with Crippen molar-refractivity contribution >= 4 is 17.5 Å². The van der Waals surface area contributed by atoms with Crippen molar-refractivity contribution in [3.63, 3.8) is 0 Å². The van der Waals surface area contributed by atoms with Gasteiger partial charge in [-0.2, -0.15) is 0 Å². The molecule has 3 N–H and O–H groups in total. The number of carbonyl (C=O) groups is 1. The minimum atomic E-state index is -0.238. The number of anilines is 2. The number of hydrogen-bond donors (Lipinski definition) is 3. The summed E-state index contributed by atoms with van der Waals surface area (Å²) in [6.07, 6.45) is 7.13. The van der Waals surface area contributed by atoms with E-state index in [-0.39, 0.29) is 6.03 Å². The number of pyridine rings is 1. The highest BCUT2D eigenvalue weighted by Crippen LogP contribution is 2.23. The zero-order valence-electron chi connectivity index (χ0n) is 17.3. The van der Waals surface area contributed by atoms with Gasteiger partial charge in [-0.3, -0.25) is 10.2 Å². The number of nitrogens with zero attached hydrogens (tertiary/aromatic N) is 6. The molecule has 0 saturated carbocycles. The van der Waals surface area contributed by atoms with Crippen molar-refractivity contribution in [2.75, 3.05) is 42.9 Å². The first-order chi connectivity index (χ1) is 14.6. The second-order valence-electron chi connectivity index (χ2n) is 7.24. The lowest BCUT2D eigenvalue weighted by molar-refractivity contribution is 0.206. The molecule has 30 heavy (non-hydrogen) atoms. The van der Waals surface area contributed by atoms with Gasteiger partial charge in [0.25, 0.3) is 0 Å². The molecule has 158 valence electrons. The van der Waals surface area contributed by atoms with Crippen LogP contribution >= 0.6 is 0 Å². The topological polar surface area (TPSA) is 107 Å². The van der Waals surface area contributed by atoms with Gasteiger partial charge in [0.05, 0.1) is 24.4 Å². The molecule has 4 heterocycles. The van der Waals surface area contributed by atoms with Crippen molar-refractivity contribution in [3.05, 3.63) is 42.7 Å². The van der Waals surface area contributed by atoms with Crippen LogP contribution in [0.3, 0.4) is 0 Å². The number of hydrogen-bond acceptors (Lipinski definition) is 6. The lowest BCUT2D eigenvalue weighted by Crippen LogP contribution is -2.47. The van der Waals surface area contributed by atoms with Crippen molar-refractivity contribution in [1.82, 2.24) is 34.7 Å². The van der Waals surface area contributed by atoms with Gasteiger partial charge in [0, 0.05) is 51.3 Å². The van der Waals surface area contributed by atoms with Gasteiger partial charge >= 0.3 is 6.03 Å². The Balaban J connectivity index is 1.31. The molecule has 4 rings (SSSR count). The minimum absolute atomic E-state index is 0.238. The van der Waals surface area contributed by atoms with Crippen LogP contribution in [0.25, 0.3) is 11.5 Å². The minimum Gasteiger partial charge on any atom is -0.368 e. The number of aryl methyl sites for hydroxylation is 1. The van der Waals surface area contributed by atoms with E-state index >= 15 is 0 Å². The first kappa shape index (κ1) is 19.9. The van der Waals surface area contributed by atoms with Crippen LogP contribution in [0.4, 0.5) is 16.3 Å². The Morgan fingerprint density at radius 3 is 2.73 bits per heavy atom. The van der Waals surface area contributed by atoms with E-state index in [0.29, 0.717) is 12.4 Å². The molecule has 2 amide bonds. The highest BCUT2D eigenvalue weighted by atomic mass is 16.2. The molecule has 0 unspecified atom stereocenters. The first-order valence-corrected chi connectivity index (χ1v) is 10.1. The first-order valence-electron chi connectivity index (χ1n) is 10.1. The molecule has 1 fully saturated rings. The van der Waals surface area contributed by atoms with Crippen molar-refractivity contribution in [1.29, 1.82) is 0 Å². The number of imidazole rings is 2. The van der Waals surface area contributed by atoms with E-state index in [2.05, 4.69) is 41.5 Å². The highest BCUT2D eigenvalue weighted by Gasteiger charge is 2.19. The SMILES string of the molecule is CCNC(=O)Nc1cn(CN2CCN(c3ccc(-c4ncc[nH]4)nc3C)CC2)cn1. The quantitative estimate of drug-likeness (QED) is 0.574. The fraction of sp³-hybridized carbons (Fsp3) is 0.400. The Kier molecular flexibility index (Phi) is 5.94. The van der Waals surface area contributed by atoms with Crippen LogP contribution in [0.2, 0.25) is 0 Å². The van der Waals surface area contributed by atoms with E-state index in [1.54, 1.807) is 18.7 Å². The second kappa shape index (κ2) is 8.95. The molecule has 10 nitrogen and oxygen atoms in total. The van der Waals surface area contributed by atoms with Gasteiger partial charge < -0.3 is 19.8 Å². The molecule has 0 bridgehead atoms. The average Bonchev–Trinajstić information content (AvgIpc) is 3.41. The van der Waals surface area contributed by atoms with Crippen molar-refractivity contribution in [2.45, 2.75) is 20.5 Å². The molecule has 0 aliphatic carbocycles. The summed E-state index contributed by atoms with van der Waals surface area (Å²) in [4.78, 5) is 32.7. The molecule has 1 saturated heterocycles. The summed E-state index contributed by atoms with van der Waals surface area (Å²) >= 11 is 0. The van der Waals surface area contributed by atoms with Crippen LogP contribution < -0.4 is 15.5 Å². The average molecular weight is 409 g/mol. The summed E-state index contributed by atoms with van der Waals surface area (Å²) in [6, 6.07) is 3.91. The predicted octanol–water partition coefficient (Wildman–Crippen LogP) is 1.90. The monoisotopic (exact) mass is 409 g/mol. The number of nitrogens with one attached hydrogen (secondary N) is 3. The number of aromatic amines is 1. The van der Waals surface area contributed by atoms with Gasteiger partial charge in [-0.05, 0) is 26.0 Å². The molecule has 10 heteroatoms. The van der Waals surface area contributed by atoms with Gasteiger partial charge in [0.2, 0.25) is 0 Å². The summed E-state index contributed by atoms with van der Waals surface area (Å²) in [5.41, 5.74) is 3.03. The fourth-order valence-electron chi connectivity index (χ4n) is 3.61. The van der Waals surface area contributed by atoms with E-state index in [0.717, 1.165) is 50.1 Å². The maximum absolute atomic E-state index is 11.6. The number of carbonyl (C=O) groups excluding carboxylic acids is 1. The van der Waals surface area contributed by atoms with Crippen LogP contribution in [0, 0.1) is 6.92 Å². The number of amides is 2. The van der Waals surface area contributed by atoms with Crippen molar-refractivity contribution in [2.24, 2.45) is 0 Å². The molecule has 0 aromatic carbocycles. The Bertz CT molecular complexity index is 974. The van der Waals surface area contributed by atoms with Gasteiger partial charge in [0.15, 0.2) is 11.6 Å². The zero-order valence-corrected chi connectivity index (χ0v) is 17.3. The van der Waals surface area contributed by atoms with E-state index in [1.807, 2.05) is 30.7 Å². The summed E-state index contributed by atoms with van der Waals surface area (Å²) in [6.45, 7) is 8.99. The zero-order chi connectivity index (χ0) is 20.9. The largest absolute Gasteiger partial charge is 0.368 e. The van der Waals surface area contributed by atoms with Crippen LogP contribution in [0.1, 0.15) is 12.6 Å². The van der Waals surface area contributed by atoms with Crippen LogP contribution in [0.15, 0.2) is 37.1 Å². The van der Waals surface area contributed by atoms with Gasteiger partial charge in [0.1, 0.15) is 5.69 Å². The maximum atomic E-state index is 11.6. The second-order valence-corrected chi connectivity index (χ2v) is 7.24. The van der Waals surface area contributed by atoms with Crippen LogP contribution in [-0.2, 0) is 6.67 Å². The van der Waals surface area contributed by atoms with Crippen LogP contribution in [0.5, 0.6) is 0 Å². The highest BCUT2D eigenvalue weighted by molar-refractivity contribution is 5.87. The fourth-order valence-corrected chi connectivity index (χ4v) is 3.61. The lowest BCUT2D eigenvalue weighted by atomic mass is 10.2. The Labute approximate surface area is 175 Å². The summed E-state index contributed by atoms with van der Waals surface area (Å²) in [7, 11) is 0. The number of rotatable bonds is 6. The Hall–Kier alpha value is -3.40.